The molecule has 1 aromatic heterocycles. The Labute approximate surface area is 123 Å². The van der Waals surface area contributed by atoms with Gasteiger partial charge in [0.25, 0.3) is 0 Å². The highest BCUT2D eigenvalue weighted by atomic mass is 32.2. The minimum atomic E-state index is -3.45. The Morgan fingerprint density at radius 3 is 2.48 bits per heavy atom. The third-order valence-electron chi connectivity index (χ3n) is 2.96. The van der Waals surface area contributed by atoms with Crippen LogP contribution in [-0.4, -0.2) is 29.9 Å². The van der Waals surface area contributed by atoms with Crippen molar-refractivity contribution >= 4 is 21.6 Å². The number of amides is 1. The average molecular weight is 307 g/mol. The number of aryl methyl sites for hydroxylation is 2. The van der Waals surface area contributed by atoms with Gasteiger partial charge in [-0.1, -0.05) is 17.7 Å². The number of rotatable bonds is 5. The molecule has 0 radical (unpaired) electrons. The van der Waals surface area contributed by atoms with Gasteiger partial charge in [-0.2, -0.15) is 5.10 Å². The van der Waals surface area contributed by atoms with Crippen LogP contribution in [0.5, 0.6) is 0 Å². The number of benzene rings is 1. The van der Waals surface area contributed by atoms with E-state index in [9.17, 15) is 13.2 Å². The molecular weight excluding hydrogens is 290 g/mol. The van der Waals surface area contributed by atoms with Crippen molar-refractivity contribution in [3.8, 4) is 0 Å². The standard InChI is InChI=1S/C14H17N3O3S/c1-11-3-5-12(6-4-11)21(19,20)10-8-14(18)15-13-7-9-17(2)16-13/h3-7,9H,8,10H2,1-2H3,(H,15,16,18). The van der Waals surface area contributed by atoms with E-state index in [1.54, 1.807) is 48.3 Å². The summed E-state index contributed by atoms with van der Waals surface area (Å²) < 4.78 is 25.8. The Kier molecular flexibility index (Phi) is 4.42. The summed E-state index contributed by atoms with van der Waals surface area (Å²) in [6, 6.07) is 8.23. The first-order chi connectivity index (χ1) is 9.87. The van der Waals surface area contributed by atoms with Gasteiger partial charge in [0.1, 0.15) is 0 Å². The molecule has 0 aliphatic heterocycles. The third-order valence-corrected chi connectivity index (χ3v) is 4.69. The highest BCUT2D eigenvalue weighted by molar-refractivity contribution is 7.91. The Morgan fingerprint density at radius 2 is 1.90 bits per heavy atom. The fourth-order valence-electron chi connectivity index (χ4n) is 1.78. The van der Waals surface area contributed by atoms with E-state index in [0.29, 0.717) is 5.82 Å². The lowest BCUT2D eigenvalue weighted by Crippen LogP contribution is -2.17. The first-order valence-electron chi connectivity index (χ1n) is 6.46. The third kappa shape index (κ3) is 4.16. The van der Waals surface area contributed by atoms with Crippen molar-refractivity contribution in [2.45, 2.75) is 18.2 Å². The maximum atomic E-state index is 12.1. The molecule has 1 amide bonds. The molecule has 2 rings (SSSR count). The second kappa shape index (κ2) is 6.09. The van der Waals surface area contributed by atoms with Crippen LogP contribution in [0, 0.1) is 6.92 Å². The zero-order valence-electron chi connectivity index (χ0n) is 11.9. The highest BCUT2D eigenvalue weighted by Crippen LogP contribution is 2.13. The fraction of sp³-hybridized carbons (Fsp3) is 0.286. The number of sulfone groups is 1. The summed E-state index contributed by atoms with van der Waals surface area (Å²) in [6.07, 6.45) is 1.59. The molecule has 0 saturated heterocycles. The summed E-state index contributed by atoms with van der Waals surface area (Å²) in [7, 11) is -1.71. The predicted molar refractivity (Wildman–Crippen MR) is 79.7 cm³/mol. The molecule has 7 heteroatoms. The fourth-order valence-corrected chi connectivity index (χ4v) is 3.02. The largest absolute Gasteiger partial charge is 0.309 e. The molecule has 0 aliphatic rings. The van der Waals surface area contributed by atoms with Gasteiger partial charge in [0.05, 0.1) is 10.6 Å². The Morgan fingerprint density at radius 1 is 1.24 bits per heavy atom. The second-order valence-corrected chi connectivity index (χ2v) is 6.91. The molecule has 1 aromatic carbocycles. The SMILES string of the molecule is Cc1ccc(S(=O)(=O)CCC(=O)Nc2ccn(C)n2)cc1. The minimum Gasteiger partial charge on any atom is -0.309 e. The van der Waals surface area contributed by atoms with Crippen LogP contribution in [0.4, 0.5) is 5.82 Å². The van der Waals surface area contributed by atoms with Gasteiger partial charge in [-0.25, -0.2) is 8.42 Å². The number of hydrogen-bond acceptors (Lipinski definition) is 4. The van der Waals surface area contributed by atoms with Gasteiger partial charge < -0.3 is 5.32 Å². The first-order valence-corrected chi connectivity index (χ1v) is 8.11. The highest BCUT2D eigenvalue weighted by Gasteiger charge is 2.16. The van der Waals surface area contributed by atoms with Crippen LogP contribution in [0.1, 0.15) is 12.0 Å². The summed E-state index contributed by atoms with van der Waals surface area (Å²) in [4.78, 5) is 12.0. The van der Waals surface area contributed by atoms with Gasteiger partial charge in [-0.3, -0.25) is 9.48 Å². The molecule has 0 bridgehead atoms. The van der Waals surface area contributed by atoms with Crippen LogP contribution in [0.2, 0.25) is 0 Å². The molecule has 6 nitrogen and oxygen atoms in total. The van der Waals surface area contributed by atoms with Crippen molar-refractivity contribution in [2.24, 2.45) is 7.05 Å². The average Bonchev–Trinajstić information content (AvgIpc) is 2.82. The number of anilines is 1. The number of nitrogens with zero attached hydrogens (tertiary/aromatic N) is 2. The zero-order chi connectivity index (χ0) is 15.5. The molecule has 0 spiro atoms. The van der Waals surface area contributed by atoms with Crippen LogP contribution in [0.3, 0.4) is 0 Å². The van der Waals surface area contributed by atoms with Gasteiger partial charge in [-0.05, 0) is 19.1 Å². The van der Waals surface area contributed by atoms with Gasteiger partial charge in [-0.15, -0.1) is 0 Å². The molecule has 0 atom stereocenters. The number of nitrogens with one attached hydrogen (secondary N) is 1. The molecule has 1 heterocycles. The van der Waals surface area contributed by atoms with Gasteiger partial charge in [0.2, 0.25) is 5.91 Å². The summed E-state index contributed by atoms with van der Waals surface area (Å²) in [5.41, 5.74) is 0.988. The van der Waals surface area contributed by atoms with Crippen molar-refractivity contribution in [1.82, 2.24) is 9.78 Å². The van der Waals surface area contributed by atoms with Crippen LogP contribution in [0.25, 0.3) is 0 Å². The number of carbonyl (C=O) groups is 1. The molecule has 1 N–H and O–H groups in total. The van der Waals surface area contributed by atoms with Crippen molar-refractivity contribution in [1.29, 1.82) is 0 Å². The van der Waals surface area contributed by atoms with Crippen LogP contribution in [-0.2, 0) is 21.7 Å². The van der Waals surface area contributed by atoms with Crippen molar-refractivity contribution < 1.29 is 13.2 Å². The first kappa shape index (κ1) is 15.2. The Balaban J connectivity index is 1.95. The van der Waals surface area contributed by atoms with Crippen molar-refractivity contribution in [2.75, 3.05) is 11.1 Å². The maximum Gasteiger partial charge on any atom is 0.226 e. The maximum absolute atomic E-state index is 12.1. The van der Waals surface area contributed by atoms with E-state index < -0.39 is 9.84 Å². The number of carbonyl (C=O) groups excluding carboxylic acids is 1. The van der Waals surface area contributed by atoms with Crippen LogP contribution >= 0.6 is 0 Å². The van der Waals surface area contributed by atoms with Crippen molar-refractivity contribution in [3.63, 3.8) is 0 Å². The van der Waals surface area contributed by atoms with E-state index >= 15 is 0 Å². The summed E-state index contributed by atoms with van der Waals surface area (Å²) in [5.74, 6) is -0.186. The topological polar surface area (TPSA) is 81.1 Å². The lowest BCUT2D eigenvalue weighted by atomic mass is 10.2. The van der Waals surface area contributed by atoms with E-state index in [2.05, 4.69) is 10.4 Å². The zero-order valence-corrected chi connectivity index (χ0v) is 12.7. The molecule has 21 heavy (non-hydrogen) atoms. The van der Waals surface area contributed by atoms with E-state index in [4.69, 9.17) is 0 Å². The number of hydrogen-bond donors (Lipinski definition) is 1. The van der Waals surface area contributed by atoms with E-state index in [1.165, 1.54) is 0 Å². The molecule has 0 fully saturated rings. The molecule has 0 unspecified atom stereocenters. The van der Waals surface area contributed by atoms with E-state index in [0.717, 1.165) is 5.56 Å². The Hall–Kier alpha value is -2.15. The van der Waals surface area contributed by atoms with Gasteiger partial charge in [0.15, 0.2) is 15.7 Å². The Bertz CT molecular complexity index is 733. The summed E-state index contributed by atoms with van der Waals surface area (Å²) >= 11 is 0. The monoisotopic (exact) mass is 307 g/mol. The van der Waals surface area contributed by atoms with Crippen molar-refractivity contribution in [3.05, 3.63) is 42.1 Å². The minimum absolute atomic E-state index is 0.104. The smallest absolute Gasteiger partial charge is 0.226 e. The molecule has 112 valence electrons. The van der Waals surface area contributed by atoms with Crippen LogP contribution < -0.4 is 5.32 Å². The van der Waals surface area contributed by atoms with Gasteiger partial charge in [0, 0.05) is 25.7 Å². The normalized spacial score (nSPS) is 11.3. The second-order valence-electron chi connectivity index (χ2n) is 4.80. The number of aromatic nitrogens is 2. The lowest BCUT2D eigenvalue weighted by molar-refractivity contribution is -0.115. The lowest BCUT2D eigenvalue weighted by Gasteiger charge is -2.05. The van der Waals surface area contributed by atoms with E-state index in [1.807, 2.05) is 6.92 Å². The van der Waals surface area contributed by atoms with E-state index in [-0.39, 0.29) is 23.0 Å². The van der Waals surface area contributed by atoms with Crippen LogP contribution in [0.15, 0.2) is 41.4 Å². The summed E-state index contributed by atoms with van der Waals surface area (Å²) in [6.45, 7) is 1.89. The predicted octanol–water partition coefficient (Wildman–Crippen LogP) is 1.53. The van der Waals surface area contributed by atoms with Gasteiger partial charge >= 0.3 is 0 Å². The quantitative estimate of drug-likeness (QED) is 0.908. The summed E-state index contributed by atoms with van der Waals surface area (Å²) in [5, 5.41) is 6.56. The molecule has 0 aliphatic carbocycles. The molecular formula is C14H17N3O3S. The molecule has 0 saturated carbocycles. The molecule has 2 aromatic rings.